The zero-order valence-electron chi connectivity index (χ0n) is 13.7. The molecule has 1 aliphatic rings. The highest BCUT2D eigenvalue weighted by Gasteiger charge is 2.50. The maximum Gasteiger partial charge on any atom is 0.457 e. The van der Waals surface area contributed by atoms with E-state index in [9.17, 15) is 4.79 Å². The first-order chi connectivity index (χ1) is 9.73. The first-order valence-electron chi connectivity index (χ1n) is 7.67. The van der Waals surface area contributed by atoms with E-state index in [0.29, 0.717) is 6.42 Å². The number of aryl methyl sites for hydroxylation is 1. The van der Waals surface area contributed by atoms with Crippen molar-refractivity contribution < 1.29 is 14.1 Å². The molecule has 1 fully saturated rings. The summed E-state index contributed by atoms with van der Waals surface area (Å²) in [5.74, 6) is 0.199. The molecule has 0 saturated carbocycles. The minimum Gasteiger partial charge on any atom is -0.403 e. The van der Waals surface area contributed by atoms with E-state index in [1.165, 1.54) is 0 Å². The quantitative estimate of drug-likeness (QED) is 0.605. The molecule has 0 N–H and O–H groups in total. The standard InChI is InChI=1S/C17H25BO3/c1-13-9-6-7-10-14(13)15(19)11-8-12-18-20-16(2,3)17(4,5)21-18/h6-7,9-10H,8,11-12H2,1-5H3. The van der Waals surface area contributed by atoms with Crippen molar-refractivity contribution in [2.75, 3.05) is 0 Å². The molecule has 1 aromatic carbocycles. The smallest absolute Gasteiger partial charge is 0.403 e. The highest BCUT2D eigenvalue weighted by Crippen LogP contribution is 2.38. The zero-order chi connectivity index (χ0) is 15.7. The van der Waals surface area contributed by atoms with Gasteiger partial charge in [-0.05, 0) is 52.9 Å². The summed E-state index contributed by atoms with van der Waals surface area (Å²) in [7, 11) is -0.209. The SMILES string of the molecule is Cc1ccccc1C(=O)CCCB1OC(C)(C)C(C)(C)O1. The Kier molecular flexibility index (Phi) is 4.59. The summed E-state index contributed by atoms with van der Waals surface area (Å²) in [6.07, 6.45) is 2.07. The lowest BCUT2D eigenvalue weighted by molar-refractivity contribution is 0.00578. The molecule has 0 amide bonds. The normalized spacial score (nSPS) is 19.8. The molecule has 0 bridgehead atoms. The summed E-state index contributed by atoms with van der Waals surface area (Å²) in [5, 5.41) is 0. The fraction of sp³-hybridized carbons (Fsp3) is 0.588. The summed E-state index contributed by atoms with van der Waals surface area (Å²) in [5.41, 5.74) is 1.28. The van der Waals surface area contributed by atoms with Gasteiger partial charge in [-0.15, -0.1) is 0 Å². The molecule has 4 heteroatoms. The molecular weight excluding hydrogens is 263 g/mol. The van der Waals surface area contributed by atoms with Gasteiger partial charge in [0.15, 0.2) is 5.78 Å². The lowest BCUT2D eigenvalue weighted by Gasteiger charge is -2.32. The predicted octanol–water partition coefficient (Wildman–Crippen LogP) is 4.05. The topological polar surface area (TPSA) is 35.5 Å². The Morgan fingerprint density at radius 3 is 2.24 bits per heavy atom. The molecule has 3 nitrogen and oxygen atoms in total. The van der Waals surface area contributed by atoms with Crippen LogP contribution >= 0.6 is 0 Å². The molecule has 1 saturated heterocycles. The van der Waals surface area contributed by atoms with Crippen LogP contribution in [0.15, 0.2) is 24.3 Å². The van der Waals surface area contributed by atoms with E-state index in [0.717, 1.165) is 23.9 Å². The van der Waals surface area contributed by atoms with Crippen molar-refractivity contribution in [2.45, 2.75) is 65.0 Å². The van der Waals surface area contributed by atoms with Gasteiger partial charge in [0, 0.05) is 12.0 Å². The molecular formula is C17H25BO3. The number of Topliss-reactive ketones (excluding diaryl/α,β-unsaturated/α-hetero) is 1. The number of carbonyl (C=O) groups excluding carboxylic acids is 1. The summed E-state index contributed by atoms with van der Waals surface area (Å²) in [6, 6.07) is 7.73. The van der Waals surface area contributed by atoms with E-state index in [-0.39, 0.29) is 24.1 Å². The van der Waals surface area contributed by atoms with Crippen molar-refractivity contribution in [3.63, 3.8) is 0 Å². The van der Waals surface area contributed by atoms with Crippen molar-refractivity contribution in [3.8, 4) is 0 Å². The van der Waals surface area contributed by atoms with E-state index in [2.05, 4.69) is 0 Å². The molecule has 0 aliphatic carbocycles. The molecule has 0 aromatic heterocycles. The maximum atomic E-state index is 12.2. The number of rotatable bonds is 5. The van der Waals surface area contributed by atoms with Gasteiger partial charge in [-0.25, -0.2) is 0 Å². The minimum absolute atomic E-state index is 0.199. The molecule has 21 heavy (non-hydrogen) atoms. The average Bonchev–Trinajstić information content (AvgIpc) is 2.58. The van der Waals surface area contributed by atoms with Gasteiger partial charge in [0.1, 0.15) is 0 Å². The summed E-state index contributed by atoms with van der Waals surface area (Å²) in [4.78, 5) is 12.2. The Labute approximate surface area is 128 Å². The average molecular weight is 288 g/mol. The first-order valence-corrected chi connectivity index (χ1v) is 7.67. The van der Waals surface area contributed by atoms with Crippen LogP contribution in [0, 0.1) is 6.92 Å². The Bertz CT molecular complexity index is 507. The van der Waals surface area contributed by atoms with Crippen molar-refractivity contribution >= 4 is 12.9 Å². The van der Waals surface area contributed by atoms with Gasteiger partial charge >= 0.3 is 7.12 Å². The number of hydrogen-bond donors (Lipinski definition) is 0. The van der Waals surface area contributed by atoms with Gasteiger partial charge in [-0.3, -0.25) is 4.79 Å². The van der Waals surface area contributed by atoms with Gasteiger partial charge in [0.2, 0.25) is 0 Å². The van der Waals surface area contributed by atoms with Gasteiger partial charge in [-0.1, -0.05) is 24.3 Å². The lowest BCUT2D eigenvalue weighted by atomic mass is 9.81. The third kappa shape index (κ3) is 3.56. The van der Waals surface area contributed by atoms with Crippen molar-refractivity contribution in [2.24, 2.45) is 0 Å². The Morgan fingerprint density at radius 1 is 1.10 bits per heavy atom. The zero-order valence-corrected chi connectivity index (χ0v) is 13.7. The Morgan fingerprint density at radius 2 is 1.67 bits per heavy atom. The van der Waals surface area contributed by atoms with Crippen LogP contribution in [0.5, 0.6) is 0 Å². The molecule has 0 atom stereocenters. The predicted molar refractivity (Wildman–Crippen MR) is 85.6 cm³/mol. The largest absolute Gasteiger partial charge is 0.457 e. The van der Waals surface area contributed by atoms with Crippen LogP contribution in [0.1, 0.15) is 56.5 Å². The maximum absolute atomic E-state index is 12.2. The Hall–Kier alpha value is -1.13. The molecule has 0 spiro atoms. The van der Waals surface area contributed by atoms with Crippen LogP contribution in [0.4, 0.5) is 0 Å². The fourth-order valence-electron chi connectivity index (χ4n) is 2.53. The summed E-state index contributed by atoms with van der Waals surface area (Å²) in [6.45, 7) is 10.2. The molecule has 2 rings (SSSR count). The lowest BCUT2D eigenvalue weighted by Crippen LogP contribution is -2.41. The van der Waals surface area contributed by atoms with E-state index >= 15 is 0 Å². The van der Waals surface area contributed by atoms with Crippen LogP contribution in [0.3, 0.4) is 0 Å². The molecule has 114 valence electrons. The van der Waals surface area contributed by atoms with E-state index < -0.39 is 0 Å². The number of benzene rings is 1. The van der Waals surface area contributed by atoms with Crippen LogP contribution in [0.2, 0.25) is 6.32 Å². The van der Waals surface area contributed by atoms with Crippen molar-refractivity contribution in [3.05, 3.63) is 35.4 Å². The monoisotopic (exact) mass is 288 g/mol. The summed E-state index contributed by atoms with van der Waals surface area (Å²) < 4.78 is 11.9. The fourth-order valence-corrected chi connectivity index (χ4v) is 2.53. The second-order valence-electron chi connectivity index (χ2n) is 6.82. The highest BCUT2D eigenvalue weighted by atomic mass is 16.7. The number of carbonyl (C=O) groups is 1. The van der Waals surface area contributed by atoms with Crippen LogP contribution < -0.4 is 0 Å². The van der Waals surface area contributed by atoms with Gasteiger partial charge in [0.25, 0.3) is 0 Å². The summed E-state index contributed by atoms with van der Waals surface area (Å²) >= 11 is 0. The third-order valence-corrected chi connectivity index (χ3v) is 4.59. The van der Waals surface area contributed by atoms with Gasteiger partial charge in [0.05, 0.1) is 11.2 Å². The van der Waals surface area contributed by atoms with Gasteiger partial charge in [-0.2, -0.15) is 0 Å². The van der Waals surface area contributed by atoms with E-state index in [1.807, 2.05) is 58.9 Å². The van der Waals surface area contributed by atoms with E-state index in [1.54, 1.807) is 0 Å². The van der Waals surface area contributed by atoms with Crippen LogP contribution in [-0.4, -0.2) is 24.1 Å². The number of ketones is 1. The van der Waals surface area contributed by atoms with Crippen LogP contribution in [0.25, 0.3) is 0 Å². The second kappa shape index (κ2) is 5.94. The molecule has 1 aliphatic heterocycles. The second-order valence-corrected chi connectivity index (χ2v) is 6.82. The molecule has 1 aromatic rings. The molecule has 1 heterocycles. The first kappa shape index (κ1) is 16.2. The van der Waals surface area contributed by atoms with Crippen molar-refractivity contribution in [1.82, 2.24) is 0 Å². The Balaban J connectivity index is 1.84. The van der Waals surface area contributed by atoms with Gasteiger partial charge < -0.3 is 9.31 Å². The third-order valence-electron chi connectivity index (χ3n) is 4.59. The van der Waals surface area contributed by atoms with Crippen molar-refractivity contribution in [1.29, 1.82) is 0 Å². The molecule has 0 unspecified atom stereocenters. The number of hydrogen-bond acceptors (Lipinski definition) is 3. The van der Waals surface area contributed by atoms with E-state index in [4.69, 9.17) is 9.31 Å². The molecule has 0 radical (unpaired) electrons. The minimum atomic E-state index is -0.294. The highest BCUT2D eigenvalue weighted by molar-refractivity contribution is 6.45. The van der Waals surface area contributed by atoms with Crippen LogP contribution in [-0.2, 0) is 9.31 Å².